The third-order valence-electron chi connectivity index (χ3n) is 1.43. The van der Waals surface area contributed by atoms with E-state index in [1.54, 1.807) is 5.94 Å². The Hall–Kier alpha value is -1.08. The minimum absolute atomic E-state index is 0.505. The topological polar surface area (TPSA) is 49.7 Å². The molecule has 0 spiro atoms. The van der Waals surface area contributed by atoms with Crippen molar-refractivity contribution in [3.63, 3.8) is 0 Å². The highest BCUT2D eigenvalue weighted by Gasteiger charge is 2.15. The second-order valence-corrected chi connectivity index (χ2v) is 1.98. The maximum absolute atomic E-state index is 10.0. The van der Waals surface area contributed by atoms with E-state index in [0.29, 0.717) is 24.1 Å². The van der Waals surface area contributed by atoms with Crippen molar-refractivity contribution in [2.24, 2.45) is 5.16 Å². The quantitative estimate of drug-likeness (QED) is 0.295. The molecule has 9 heavy (non-hydrogen) atoms. The molecule has 0 aliphatic heterocycles. The molecule has 1 aliphatic carbocycles. The maximum Gasteiger partial charge on any atom is 0.129 e. The number of rotatable bonds is 0. The Morgan fingerprint density at radius 3 is 2.78 bits per heavy atom. The van der Waals surface area contributed by atoms with E-state index < -0.39 is 0 Å². The average molecular weight is 125 g/mol. The zero-order valence-electron chi connectivity index (χ0n) is 4.92. The van der Waals surface area contributed by atoms with Crippen molar-refractivity contribution in [2.75, 3.05) is 0 Å². The molecule has 3 nitrogen and oxygen atoms in total. The Morgan fingerprint density at radius 2 is 2.33 bits per heavy atom. The molecule has 0 heterocycles. The molecule has 1 saturated carbocycles. The summed E-state index contributed by atoms with van der Waals surface area (Å²) in [6.45, 7) is 0. The third kappa shape index (κ3) is 1.00. The predicted molar refractivity (Wildman–Crippen MR) is 32.3 cm³/mol. The summed E-state index contributed by atoms with van der Waals surface area (Å²) in [7, 11) is 0. The van der Waals surface area contributed by atoms with Gasteiger partial charge in [0.1, 0.15) is 5.94 Å². The lowest BCUT2D eigenvalue weighted by molar-refractivity contribution is 0.318. The summed E-state index contributed by atoms with van der Waals surface area (Å²) in [5.41, 5.74) is 1.03. The van der Waals surface area contributed by atoms with Crippen molar-refractivity contribution in [3.8, 4) is 0 Å². The first kappa shape index (κ1) is 6.05. The van der Waals surface area contributed by atoms with E-state index in [0.717, 1.165) is 6.42 Å². The van der Waals surface area contributed by atoms with E-state index in [1.165, 1.54) is 0 Å². The zero-order chi connectivity index (χ0) is 6.69. The molecule has 1 N–H and O–H groups in total. The van der Waals surface area contributed by atoms with Crippen LogP contribution in [0.25, 0.3) is 0 Å². The van der Waals surface area contributed by atoms with Crippen LogP contribution in [-0.4, -0.2) is 16.9 Å². The molecule has 0 radical (unpaired) electrons. The minimum Gasteiger partial charge on any atom is -0.411 e. The van der Waals surface area contributed by atoms with Gasteiger partial charge < -0.3 is 5.21 Å². The van der Waals surface area contributed by atoms with Crippen LogP contribution in [0.15, 0.2) is 10.7 Å². The summed E-state index contributed by atoms with van der Waals surface area (Å²) < 4.78 is 0. The van der Waals surface area contributed by atoms with Crippen molar-refractivity contribution in [2.45, 2.75) is 19.3 Å². The molecule has 1 fully saturated rings. The van der Waals surface area contributed by atoms with Gasteiger partial charge in [-0.25, -0.2) is 4.79 Å². The lowest BCUT2D eigenvalue weighted by Crippen LogP contribution is -1.92. The van der Waals surface area contributed by atoms with Gasteiger partial charge in [0.2, 0.25) is 0 Å². The highest BCUT2D eigenvalue weighted by molar-refractivity contribution is 6.07. The predicted octanol–water partition coefficient (Wildman–Crippen LogP) is 0.758. The Labute approximate surface area is 52.7 Å². The van der Waals surface area contributed by atoms with Gasteiger partial charge in [-0.05, 0) is 19.3 Å². The summed E-state index contributed by atoms with van der Waals surface area (Å²) in [6, 6.07) is 0. The average Bonchev–Trinajstić information content (AvgIpc) is 2.33. The van der Waals surface area contributed by atoms with Crippen LogP contribution < -0.4 is 0 Å². The van der Waals surface area contributed by atoms with Gasteiger partial charge in [-0.1, -0.05) is 5.16 Å². The highest BCUT2D eigenvalue weighted by atomic mass is 16.4. The molecule has 0 aromatic rings. The van der Waals surface area contributed by atoms with Gasteiger partial charge in [0.25, 0.3) is 0 Å². The summed E-state index contributed by atoms with van der Waals surface area (Å²) in [4.78, 5) is 10.0. The number of oxime groups is 1. The van der Waals surface area contributed by atoms with Gasteiger partial charge >= 0.3 is 0 Å². The lowest BCUT2D eigenvalue weighted by atomic mass is 10.2. The van der Waals surface area contributed by atoms with Crippen molar-refractivity contribution in [1.29, 1.82) is 0 Å². The third-order valence-corrected chi connectivity index (χ3v) is 1.43. The first-order chi connectivity index (χ1) is 4.38. The maximum atomic E-state index is 10.0. The Balaban J connectivity index is 2.87. The van der Waals surface area contributed by atoms with Crippen LogP contribution in [0.2, 0.25) is 0 Å². The van der Waals surface area contributed by atoms with E-state index in [1.807, 2.05) is 0 Å². The highest BCUT2D eigenvalue weighted by Crippen LogP contribution is 2.18. The van der Waals surface area contributed by atoms with Crippen LogP contribution in [0.1, 0.15) is 19.3 Å². The van der Waals surface area contributed by atoms with Crippen molar-refractivity contribution < 1.29 is 10.0 Å². The fraction of sp³-hybridized carbons (Fsp3) is 0.500. The van der Waals surface area contributed by atoms with Crippen LogP contribution in [0.5, 0.6) is 0 Å². The molecule has 3 heteroatoms. The number of hydrogen-bond donors (Lipinski definition) is 1. The number of nitrogens with zero attached hydrogens (tertiary/aromatic N) is 1. The van der Waals surface area contributed by atoms with Crippen molar-refractivity contribution in [1.82, 2.24) is 0 Å². The largest absolute Gasteiger partial charge is 0.411 e. The van der Waals surface area contributed by atoms with E-state index in [9.17, 15) is 4.79 Å². The SMILES string of the molecule is O=C=C1CCCC1=NO. The number of hydrogen-bond acceptors (Lipinski definition) is 3. The standard InChI is InChI=1S/C6H7NO2/c8-4-5-2-1-3-6(5)7-9/h9H,1-3H2. The van der Waals surface area contributed by atoms with Gasteiger partial charge in [-0.3, -0.25) is 0 Å². The van der Waals surface area contributed by atoms with E-state index >= 15 is 0 Å². The molecular weight excluding hydrogens is 118 g/mol. The molecule has 0 bridgehead atoms. The normalized spacial score (nSPS) is 22.7. The zero-order valence-corrected chi connectivity index (χ0v) is 4.92. The second kappa shape index (κ2) is 2.46. The molecule has 1 aliphatic rings. The Kier molecular flexibility index (Phi) is 1.66. The van der Waals surface area contributed by atoms with Crippen LogP contribution in [-0.2, 0) is 4.79 Å². The minimum atomic E-state index is 0.505. The van der Waals surface area contributed by atoms with Gasteiger partial charge in [0.05, 0.1) is 11.3 Å². The molecule has 48 valence electrons. The van der Waals surface area contributed by atoms with E-state index in [2.05, 4.69) is 5.16 Å². The molecule has 0 saturated heterocycles. The fourth-order valence-corrected chi connectivity index (χ4v) is 0.948. The molecular formula is C6H7NO2. The first-order valence-electron chi connectivity index (χ1n) is 2.83. The second-order valence-electron chi connectivity index (χ2n) is 1.98. The summed E-state index contributed by atoms with van der Waals surface area (Å²) in [5.74, 6) is 1.74. The number of carbonyl (C=O) groups excluding carboxylic acids is 1. The Morgan fingerprint density at radius 1 is 1.56 bits per heavy atom. The molecule has 0 unspecified atom stereocenters. The van der Waals surface area contributed by atoms with Crippen molar-refractivity contribution in [3.05, 3.63) is 5.57 Å². The molecule has 0 aromatic heterocycles. The van der Waals surface area contributed by atoms with Crippen LogP contribution in [0.3, 0.4) is 0 Å². The van der Waals surface area contributed by atoms with E-state index in [-0.39, 0.29) is 0 Å². The van der Waals surface area contributed by atoms with Crippen molar-refractivity contribution >= 4 is 11.7 Å². The van der Waals surface area contributed by atoms with Gasteiger partial charge in [0, 0.05) is 0 Å². The molecule has 0 aromatic carbocycles. The first-order valence-corrected chi connectivity index (χ1v) is 2.83. The van der Waals surface area contributed by atoms with Gasteiger partial charge in [-0.2, -0.15) is 0 Å². The smallest absolute Gasteiger partial charge is 0.129 e. The van der Waals surface area contributed by atoms with Crippen LogP contribution in [0.4, 0.5) is 0 Å². The fourth-order valence-electron chi connectivity index (χ4n) is 0.948. The molecule has 1 rings (SSSR count). The van der Waals surface area contributed by atoms with Crippen LogP contribution in [0, 0.1) is 0 Å². The van der Waals surface area contributed by atoms with E-state index in [4.69, 9.17) is 5.21 Å². The lowest BCUT2D eigenvalue weighted by Gasteiger charge is -1.85. The van der Waals surface area contributed by atoms with Crippen LogP contribution >= 0.6 is 0 Å². The monoisotopic (exact) mass is 125 g/mol. The summed E-state index contributed by atoms with van der Waals surface area (Å²) in [6.07, 6.45) is 2.33. The number of allylic oxidation sites excluding steroid dienone is 1. The Bertz CT molecular complexity index is 189. The van der Waals surface area contributed by atoms with Gasteiger partial charge in [0.15, 0.2) is 0 Å². The summed E-state index contributed by atoms with van der Waals surface area (Å²) >= 11 is 0. The summed E-state index contributed by atoms with van der Waals surface area (Å²) in [5, 5.41) is 11.2. The molecule has 0 amide bonds. The molecule has 0 atom stereocenters. The van der Waals surface area contributed by atoms with Gasteiger partial charge in [-0.15, -0.1) is 0 Å².